The predicted molar refractivity (Wildman–Crippen MR) is 83.3 cm³/mol. The fraction of sp³-hybridized carbons (Fsp3) is 0.0714. The molecule has 0 bridgehead atoms. The highest BCUT2D eigenvalue weighted by molar-refractivity contribution is 9.10. The molecule has 0 saturated heterocycles. The smallest absolute Gasteiger partial charge is 0.104 e. The summed E-state index contributed by atoms with van der Waals surface area (Å²) in [4.78, 5) is 5.91. The van der Waals surface area contributed by atoms with E-state index in [4.69, 9.17) is 0 Å². The monoisotopic (exact) mass is 335 g/mol. The van der Waals surface area contributed by atoms with Crippen molar-refractivity contribution in [1.82, 2.24) is 4.98 Å². The third kappa shape index (κ3) is 2.76. The summed E-state index contributed by atoms with van der Waals surface area (Å²) < 4.78 is 2.38. The van der Waals surface area contributed by atoms with Gasteiger partial charge in [-0.3, -0.25) is 0 Å². The number of nitrogens with zero attached hydrogens (tertiary/aromatic N) is 1. The van der Waals surface area contributed by atoms with E-state index in [0.29, 0.717) is 0 Å². The average molecular weight is 336 g/mol. The number of hydrogen-bond donors (Lipinski definition) is 0. The fourth-order valence-electron chi connectivity index (χ4n) is 1.66. The molecule has 90 valence electrons. The number of aromatic nitrogens is 1. The van der Waals surface area contributed by atoms with Crippen LogP contribution < -0.4 is 0 Å². The van der Waals surface area contributed by atoms with Gasteiger partial charge in [-0.2, -0.15) is 0 Å². The van der Waals surface area contributed by atoms with E-state index in [1.165, 1.54) is 14.6 Å². The van der Waals surface area contributed by atoms with Crippen LogP contribution >= 0.6 is 39.0 Å². The molecular weight excluding hydrogens is 326 g/mol. The van der Waals surface area contributed by atoms with Gasteiger partial charge >= 0.3 is 0 Å². The Morgan fingerprint density at radius 2 is 1.83 bits per heavy atom. The van der Waals surface area contributed by atoms with Crippen LogP contribution in [0, 0.1) is 0 Å². The van der Waals surface area contributed by atoms with E-state index in [9.17, 15) is 0 Å². The first kappa shape index (κ1) is 12.2. The summed E-state index contributed by atoms with van der Waals surface area (Å²) in [5.74, 6) is 0.932. The fourth-order valence-corrected chi connectivity index (χ4v) is 3.78. The third-order valence-electron chi connectivity index (χ3n) is 2.51. The second-order valence-electron chi connectivity index (χ2n) is 3.82. The van der Waals surface area contributed by atoms with Crippen LogP contribution in [0.3, 0.4) is 0 Å². The number of thiazole rings is 1. The van der Waals surface area contributed by atoms with Crippen molar-refractivity contribution in [2.45, 2.75) is 10.6 Å². The van der Waals surface area contributed by atoms with Gasteiger partial charge in [0.05, 0.1) is 16.0 Å². The normalized spacial score (nSPS) is 10.9. The Bertz CT molecular complexity index is 628. The zero-order valence-corrected chi connectivity index (χ0v) is 12.7. The Morgan fingerprint density at radius 1 is 1.06 bits per heavy atom. The molecule has 0 aliphatic heterocycles. The van der Waals surface area contributed by atoms with Gasteiger partial charge in [0.15, 0.2) is 0 Å². The van der Waals surface area contributed by atoms with Gasteiger partial charge in [0.1, 0.15) is 5.01 Å². The van der Waals surface area contributed by atoms with Crippen LogP contribution in [0.25, 0.3) is 10.2 Å². The Labute approximate surface area is 122 Å². The lowest BCUT2D eigenvalue weighted by molar-refractivity contribution is 1.30. The van der Waals surface area contributed by atoms with Crippen molar-refractivity contribution in [3.63, 3.8) is 0 Å². The second-order valence-corrected chi connectivity index (χ2v) is 6.90. The van der Waals surface area contributed by atoms with Crippen LogP contribution in [0.1, 0.15) is 5.01 Å². The van der Waals surface area contributed by atoms with E-state index in [-0.39, 0.29) is 0 Å². The molecule has 0 fully saturated rings. The van der Waals surface area contributed by atoms with E-state index in [1.54, 1.807) is 11.3 Å². The summed E-state index contributed by atoms with van der Waals surface area (Å²) in [5.41, 5.74) is 1.11. The van der Waals surface area contributed by atoms with Gasteiger partial charge in [0, 0.05) is 9.37 Å². The lowest BCUT2D eigenvalue weighted by atomic mass is 10.3. The van der Waals surface area contributed by atoms with E-state index in [2.05, 4.69) is 63.4 Å². The standard InChI is InChI=1S/C14H10BrNS2/c15-10-5-7-11(8-6-10)17-9-14-16-12-3-1-2-4-13(12)18-14/h1-8H,9H2. The van der Waals surface area contributed by atoms with Crippen LogP contribution in [0.4, 0.5) is 0 Å². The Kier molecular flexibility index (Phi) is 3.68. The molecule has 0 unspecified atom stereocenters. The van der Waals surface area contributed by atoms with Gasteiger partial charge in [0.2, 0.25) is 0 Å². The maximum Gasteiger partial charge on any atom is 0.104 e. The first-order valence-corrected chi connectivity index (χ1v) is 8.13. The van der Waals surface area contributed by atoms with Crippen molar-refractivity contribution in [1.29, 1.82) is 0 Å². The van der Waals surface area contributed by atoms with Crippen LogP contribution in [0.2, 0.25) is 0 Å². The van der Waals surface area contributed by atoms with Gasteiger partial charge in [-0.05, 0) is 36.4 Å². The molecule has 0 radical (unpaired) electrons. The molecule has 3 aromatic rings. The van der Waals surface area contributed by atoms with Crippen molar-refractivity contribution < 1.29 is 0 Å². The van der Waals surface area contributed by atoms with Crippen molar-refractivity contribution in [2.24, 2.45) is 0 Å². The maximum absolute atomic E-state index is 4.63. The SMILES string of the molecule is Brc1ccc(SCc2nc3ccccc3s2)cc1. The molecule has 4 heteroatoms. The molecular formula is C14H10BrNS2. The van der Waals surface area contributed by atoms with Gasteiger partial charge in [-0.15, -0.1) is 23.1 Å². The summed E-state index contributed by atoms with van der Waals surface area (Å²) in [7, 11) is 0. The molecule has 18 heavy (non-hydrogen) atoms. The largest absolute Gasteiger partial charge is 0.240 e. The summed E-state index contributed by atoms with van der Waals surface area (Å²) in [6.07, 6.45) is 0. The first-order chi connectivity index (χ1) is 8.81. The Balaban J connectivity index is 1.74. The molecule has 2 aromatic carbocycles. The maximum atomic E-state index is 4.63. The quantitative estimate of drug-likeness (QED) is 0.598. The number of hydrogen-bond acceptors (Lipinski definition) is 3. The molecule has 0 aliphatic rings. The average Bonchev–Trinajstić information content (AvgIpc) is 2.81. The number of halogens is 1. The van der Waals surface area contributed by atoms with Crippen molar-refractivity contribution in [2.75, 3.05) is 0 Å². The third-order valence-corrected chi connectivity index (χ3v) is 5.29. The lowest BCUT2D eigenvalue weighted by Gasteiger charge is -1.98. The number of fused-ring (bicyclic) bond motifs is 1. The minimum atomic E-state index is 0.932. The van der Waals surface area contributed by atoms with Crippen LogP contribution in [-0.2, 0) is 5.75 Å². The predicted octanol–water partition coefficient (Wildman–Crippen LogP) is 5.35. The highest BCUT2D eigenvalue weighted by atomic mass is 79.9. The number of para-hydroxylation sites is 1. The highest BCUT2D eigenvalue weighted by Crippen LogP contribution is 2.28. The van der Waals surface area contributed by atoms with E-state index < -0.39 is 0 Å². The van der Waals surface area contributed by atoms with Crippen molar-refractivity contribution >= 4 is 49.2 Å². The molecule has 0 N–H and O–H groups in total. The Hall–Kier alpha value is -0.840. The summed E-state index contributed by atoms with van der Waals surface area (Å²) in [6.45, 7) is 0. The minimum absolute atomic E-state index is 0.932. The van der Waals surface area contributed by atoms with Gasteiger partial charge in [0.25, 0.3) is 0 Å². The van der Waals surface area contributed by atoms with Gasteiger partial charge < -0.3 is 0 Å². The molecule has 0 spiro atoms. The second kappa shape index (κ2) is 5.43. The number of thioether (sulfide) groups is 1. The molecule has 0 atom stereocenters. The zero-order chi connectivity index (χ0) is 12.4. The number of rotatable bonds is 3. The molecule has 1 heterocycles. The topological polar surface area (TPSA) is 12.9 Å². The van der Waals surface area contributed by atoms with Gasteiger partial charge in [-0.25, -0.2) is 4.98 Å². The van der Waals surface area contributed by atoms with Crippen molar-refractivity contribution in [3.05, 3.63) is 58.0 Å². The van der Waals surface area contributed by atoms with Gasteiger partial charge in [-0.1, -0.05) is 28.1 Å². The Morgan fingerprint density at radius 3 is 2.61 bits per heavy atom. The lowest BCUT2D eigenvalue weighted by Crippen LogP contribution is -1.78. The molecule has 3 rings (SSSR count). The molecule has 1 aromatic heterocycles. The molecule has 1 nitrogen and oxygen atoms in total. The van der Waals surface area contributed by atoms with E-state index in [0.717, 1.165) is 15.7 Å². The van der Waals surface area contributed by atoms with E-state index >= 15 is 0 Å². The molecule has 0 aliphatic carbocycles. The minimum Gasteiger partial charge on any atom is -0.240 e. The molecule has 0 saturated carbocycles. The first-order valence-electron chi connectivity index (χ1n) is 5.54. The zero-order valence-electron chi connectivity index (χ0n) is 9.47. The van der Waals surface area contributed by atoms with E-state index in [1.807, 2.05) is 17.8 Å². The summed E-state index contributed by atoms with van der Waals surface area (Å²) in [5, 5.41) is 1.18. The van der Waals surface area contributed by atoms with Crippen LogP contribution in [0.15, 0.2) is 57.9 Å². The van der Waals surface area contributed by atoms with Crippen LogP contribution in [0.5, 0.6) is 0 Å². The molecule has 0 amide bonds. The summed E-state index contributed by atoms with van der Waals surface area (Å²) >= 11 is 7.05. The van der Waals surface area contributed by atoms with Crippen molar-refractivity contribution in [3.8, 4) is 0 Å². The highest BCUT2D eigenvalue weighted by Gasteiger charge is 2.03. The number of benzene rings is 2. The van der Waals surface area contributed by atoms with Crippen LogP contribution in [-0.4, -0.2) is 4.98 Å². The summed E-state index contributed by atoms with van der Waals surface area (Å²) in [6, 6.07) is 16.7.